The van der Waals surface area contributed by atoms with E-state index < -0.39 is 12.1 Å². The van der Waals surface area contributed by atoms with E-state index in [1.54, 1.807) is 6.08 Å². The standard InChI is InChI=1S/C79H149NO5/c1-3-5-7-9-11-13-15-17-19-44-47-51-55-59-63-67-71-77(82)76(75-81)80-78(83)72-68-64-60-56-52-48-45-41-39-37-35-33-31-29-27-25-23-21-20-22-24-26-28-30-32-34-36-38-40-42-46-50-54-58-62-66-70-74-85-79(84)73-69-65-61-57-53-49-43-18-16-14-12-10-8-6-4-2/h18,20,22,26,28,43,67,71,76-77,81-82H,3-17,19,21,23-25,27,29-42,44-66,68-70,72-75H2,1-2H3,(H,80,83)/b22-20-,28-26-,43-18-,71-67+. The zero-order chi connectivity index (χ0) is 61.3. The molecule has 0 aliphatic heterocycles. The molecule has 0 aliphatic rings. The van der Waals surface area contributed by atoms with Crippen molar-refractivity contribution in [2.24, 2.45) is 0 Å². The number of ether oxygens (including phenoxy) is 1. The molecule has 0 spiro atoms. The van der Waals surface area contributed by atoms with Crippen molar-refractivity contribution >= 4 is 11.9 Å². The van der Waals surface area contributed by atoms with Crippen molar-refractivity contribution in [3.8, 4) is 0 Å². The minimum atomic E-state index is -0.843. The first-order valence-corrected chi connectivity index (χ1v) is 38.4. The molecule has 0 fully saturated rings. The van der Waals surface area contributed by atoms with E-state index in [4.69, 9.17) is 4.74 Å². The lowest BCUT2D eigenvalue weighted by molar-refractivity contribution is -0.143. The van der Waals surface area contributed by atoms with Gasteiger partial charge in [-0.05, 0) is 89.9 Å². The van der Waals surface area contributed by atoms with Crippen LogP contribution >= 0.6 is 0 Å². The largest absolute Gasteiger partial charge is 0.466 e. The number of hydrogen-bond donors (Lipinski definition) is 3. The summed E-state index contributed by atoms with van der Waals surface area (Å²) in [5.41, 5.74) is 0. The fraction of sp³-hybridized carbons (Fsp3) is 0.873. The number of aliphatic hydroxyl groups excluding tert-OH is 2. The van der Waals surface area contributed by atoms with E-state index >= 15 is 0 Å². The quantitative estimate of drug-likeness (QED) is 0.0320. The lowest BCUT2D eigenvalue weighted by Gasteiger charge is -2.20. The smallest absolute Gasteiger partial charge is 0.305 e. The summed E-state index contributed by atoms with van der Waals surface area (Å²) in [5.74, 6) is -0.0518. The van der Waals surface area contributed by atoms with Crippen LogP contribution < -0.4 is 5.32 Å². The molecule has 0 aromatic carbocycles. The van der Waals surface area contributed by atoms with Crippen LogP contribution in [0.5, 0.6) is 0 Å². The Balaban J connectivity index is 3.37. The molecule has 0 saturated heterocycles. The number of aliphatic hydroxyl groups is 2. The maximum Gasteiger partial charge on any atom is 0.305 e. The van der Waals surface area contributed by atoms with Gasteiger partial charge in [-0.1, -0.05) is 364 Å². The number of amides is 1. The molecule has 0 radical (unpaired) electrons. The Labute approximate surface area is 531 Å². The molecule has 2 atom stereocenters. The lowest BCUT2D eigenvalue weighted by Crippen LogP contribution is -2.45. The van der Waals surface area contributed by atoms with Crippen molar-refractivity contribution < 1.29 is 24.5 Å². The Bertz CT molecular complexity index is 1420. The first-order chi connectivity index (χ1) is 42.0. The van der Waals surface area contributed by atoms with Gasteiger partial charge in [-0.3, -0.25) is 9.59 Å². The van der Waals surface area contributed by atoms with Crippen molar-refractivity contribution in [2.45, 2.75) is 431 Å². The molecule has 85 heavy (non-hydrogen) atoms. The van der Waals surface area contributed by atoms with Crippen molar-refractivity contribution in [3.63, 3.8) is 0 Å². The van der Waals surface area contributed by atoms with E-state index in [1.807, 2.05) is 6.08 Å². The highest BCUT2D eigenvalue weighted by atomic mass is 16.5. The number of allylic oxidation sites excluding steroid dienone is 7. The summed E-state index contributed by atoms with van der Waals surface area (Å²) in [4.78, 5) is 24.6. The molecule has 6 heteroatoms. The molecule has 1 amide bonds. The molecule has 2 unspecified atom stereocenters. The minimum Gasteiger partial charge on any atom is -0.466 e. The van der Waals surface area contributed by atoms with Crippen molar-refractivity contribution in [3.05, 3.63) is 48.6 Å². The number of rotatable bonds is 72. The monoisotopic (exact) mass is 1190 g/mol. The van der Waals surface area contributed by atoms with Gasteiger partial charge in [0.15, 0.2) is 0 Å². The Morgan fingerprint density at radius 2 is 0.588 bits per heavy atom. The summed E-state index contributed by atoms with van der Waals surface area (Å²) in [7, 11) is 0. The second-order valence-corrected chi connectivity index (χ2v) is 26.3. The van der Waals surface area contributed by atoms with Gasteiger partial charge in [0.1, 0.15) is 0 Å². The average Bonchev–Trinajstić information content (AvgIpc) is 3.51. The molecule has 0 heterocycles. The molecule has 0 rings (SSSR count). The fourth-order valence-corrected chi connectivity index (χ4v) is 12.0. The second kappa shape index (κ2) is 74.3. The molecule has 500 valence electrons. The van der Waals surface area contributed by atoms with Gasteiger partial charge < -0.3 is 20.3 Å². The second-order valence-electron chi connectivity index (χ2n) is 26.3. The molecule has 0 aromatic heterocycles. The van der Waals surface area contributed by atoms with Crippen LogP contribution in [0.1, 0.15) is 418 Å². The Morgan fingerprint density at radius 3 is 0.906 bits per heavy atom. The molecule has 0 aliphatic carbocycles. The summed E-state index contributed by atoms with van der Waals surface area (Å²) in [6.45, 7) is 4.93. The van der Waals surface area contributed by atoms with Crippen LogP contribution in [0.15, 0.2) is 48.6 Å². The van der Waals surface area contributed by atoms with E-state index in [0.717, 1.165) is 51.4 Å². The fourth-order valence-electron chi connectivity index (χ4n) is 12.0. The maximum absolute atomic E-state index is 12.5. The zero-order valence-electron chi connectivity index (χ0n) is 57.4. The Morgan fingerprint density at radius 1 is 0.329 bits per heavy atom. The van der Waals surface area contributed by atoms with Gasteiger partial charge in [0.25, 0.3) is 0 Å². The van der Waals surface area contributed by atoms with E-state index in [9.17, 15) is 19.8 Å². The van der Waals surface area contributed by atoms with Crippen LogP contribution in [-0.2, 0) is 14.3 Å². The van der Waals surface area contributed by atoms with Crippen LogP contribution in [-0.4, -0.2) is 47.4 Å². The molecule has 0 bridgehead atoms. The summed E-state index contributed by atoms with van der Waals surface area (Å²) in [6, 6.07) is -0.626. The Hall–Kier alpha value is -2.18. The van der Waals surface area contributed by atoms with E-state index in [0.29, 0.717) is 19.4 Å². The summed E-state index contributed by atoms with van der Waals surface area (Å²) in [6.07, 6.45) is 98.0. The number of nitrogens with one attached hydrogen (secondary N) is 1. The van der Waals surface area contributed by atoms with Crippen LogP contribution in [0.3, 0.4) is 0 Å². The molecular formula is C79H149NO5. The molecule has 0 aromatic rings. The van der Waals surface area contributed by atoms with Crippen LogP contribution in [0.2, 0.25) is 0 Å². The van der Waals surface area contributed by atoms with Crippen LogP contribution in [0.25, 0.3) is 0 Å². The zero-order valence-corrected chi connectivity index (χ0v) is 57.4. The highest BCUT2D eigenvalue weighted by molar-refractivity contribution is 5.76. The van der Waals surface area contributed by atoms with Gasteiger partial charge in [-0.15, -0.1) is 0 Å². The number of esters is 1. The minimum absolute atomic E-state index is 0.0109. The van der Waals surface area contributed by atoms with Gasteiger partial charge >= 0.3 is 5.97 Å². The summed E-state index contributed by atoms with van der Waals surface area (Å²) >= 11 is 0. The number of carbonyl (C=O) groups excluding carboxylic acids is 2. The predicted octanol–water partition coefficient (Wildman–Crippen LogP) is 25.2. The predicted molar refractivity (Wildman–Crippen MR) is 375 cm³/mol. The highest BCUT2D eigenvalue weighted by Gasteiger charge is 2.18. The van der Waals surface area contributed by atoms with Gasteiger partial charge in [0, 0.05) is 12.8 Å². The topological polar surface area (TPSA) is 95.9 Å². The molecule has 0 saturated carbocycles. The molecule has 3 N–H and O–H groups in total. The van der Waals surface area contributed by atoms with Crippen molar-refractivity contribution in [1.82, 2.24) is 5.32 Å². The highest BCUT2D eigenvalue weighted by Crippen LogP contribution is 2.19. The van der Waals surface area contributed by atoms with E-state index in [1.165, 1.54) is 340 Å². The first-order valence-electron chi connectivity index (χ1n) is 38.4. The third kappa shape index (κ3) is 70.8. The van der Waals surface area contributed by atoms with Crippen LogP contribution in [0, 0.1) is 0 Å². The van der Waals surface area contributed by atoms with Crippen molar-refractivity contribution in [1.29, 1.82) is 0 Å². The number of unbranched alkanes of at least 4 members (excludes halogenated alkanes) is 55. The SMILES string of the molecule is CCCCCCCC/C=C\CCCCCCCC(=O)OCCCCCCCCCCCCCCC/C=C\C/C=C\CCCCCCCCCCCCCCCCCCCC(=O)NC(CO)C(O)/C=C/CCCCCCCCCCCCCCCC. The summed E-state index contributed by atoms with van der Waals surface area (Å²) < 4.78 is 5.49. The lowest BCUT2D eigenvalue weighted by atomic mass is 10.0. The van der Waals surface area contributed by atoms with Gasteiger partial charge in [-0.25, -0.2) is 0 Å². The number of hydrogen-bond acceptors (Lipinski definition) is 5. The molecule has 6 nitrogen and oxygen atoms in total. The summed E-state index contributed by atoms with van der Waals surface area (Å²) in [5, 5.41) is 23.2. The average molecular weight is 1190 g/mol. The van der Waals surface area contributed by atoms with Crippen molar-refractivity contribution in [2.75, 3.05) is 13.2 Å². The maximum atomic E-state index is 12.5. The normalized spacial score (nSPS) is 12.8. The van der Waals surface area contributed by atoms with Gasteiger partial charge in [0.05, 0.1) is 25.4 Å². The number of carbonyl (C=O) groups is 2. The third-order valence-corrected chi connectivity index (χ3v) is 17.8. The Kier molecular flexibility index (Phi) is 72.4. The first kappa shape index (κ1) is 82.8. The third-order valence-electron chi connectivity index (χ3n) is 17.8. The van der Waals surface area contributed by atoms with Gasteiger partial charge in [0.2, 0.25) is 5.91 Å². The molecular weight excluding hydrogens is 1040 g/mol. The van der Waals surface area contributed by atoms with Crippen LogP contribution in [0.4, 0.5) is 0 Å². The van der Waals surface area contributed by atoms with Gasteiger partial charge in [-0.2, -0.15) is 0 Å². The van der Waals surface area contributed by atoms with E-state index in [-0.39, 0.29) is 18.5 Å². The van der Waals surface area contributed by atoms with E-state index in [2.05, 4.69) is 55.6 Å².